The third-order valence-corrected chi connectivity index (χ3v) is 6.49. The molecule has 3 aliphatic heterocycles. The summed E-state index contributed by atoms with van der Waals surface area (Å²) in [5, 5.41) is 17.0. The molecule has 1 fully saturated rings. The molecule has 2 unspecified atom stereocenters. The summed E-state index contributed by atoms with van der Waals surface area (Å²) in [6.45, 7) is 2.66. The van der Waals surface area contributed by atoms with Crippen LogP contribution in [0.3, 0.4) is 0 Å². The van der Waals surface area contributed by atoms with Crippen LogP contribution in [0.25, 0.3) is 0 Å². The van der Waals surface area contributed by atoms with Crippen LogP contribution < -0.4 is 5.32 Å². The molecule has 0 aromatic carbocycles. The fourth-order valence-electron chi connectivity index (χ4n) is 2.68. The number of fused-ring (bicyclic) bond motifs is 1. The summed E-state index contributed by atoms with van der Waals surface area (Å²) in [5.74, 6) is -1.16. The molecule has 152 valence electrons. The van der Waals surface area contributed by atoms with E-state index in [2.05, 4.69) is 10.5 Å². The van der Waals surface area contributed by atoms with E-state index < -0.39 is 29.2 Å². The second-order valence-corrected chi connectivity index (χ2v) is 8.43. The van der Waals surface area contributed by atoms with Crippen LogP contribution in [0, 0.1) is 0 Å². The van der Waals surface area contributed by atoms with E-state index in [-0.39, 0.29) is 28.0 Å². The zero-order chi connectivity index (χ0) is 20.3. The van der Waals surface area contributed by atoms with E-state index in [0.717, 1.165) is 10.7 Å². The molecule has 12 heteroatoms. The van der Waals surface area contributed by atoms with Gasteiger partial charge in [0.25, 0.3) is 11.8 Å². The summed E-state index contributed by atoms with van der Waals surface area (Å²) in [5.41, 5.74) is -0.296. The van der Waals surface area contributed by atoms with Crippen molar-refractivity contribution in [2.45, 2.75) is 24.8 Å². The predicted molar refractivity (Wildman–Crippen MR) is 106 cm³/mol. The molecule has 28 heavy (non-hydrogen) atoms. The number of carboxylic acids is 1. The van der Waals surface area contributed by atoms with Crippen molar-refractivity contribution in [3.63, 3.8) is 0 Å². The van der Waals surface area contributed by atoms with Gasteiger partial charge in [-0.25, -0.2) is 4.79 Å². The molecule has 3 heterocycles. The van der Waals surface area contributed by atoms with Crippen LogP contribution in [0.2, 0.25) is 0 Å². The molecule has 3 aliphatic rings. The smallest absolute Gasteiger partial charge is 0.353 e. The second kappa shape index (κ2) is 9.10. The molecule has 0 aromatic rings. The van der Waals surface area contributed by atoms with Gasteiger partial charge in [0, 0.05) is 16.9 Å². The number of nitrogens with zero attached hydrogens (tertiary/aromatic N) is 2. The number of carbonyl (C=O) groups is 3. The fourth-order valence-corrected chi connectivity index (χ4v) is 4.86. The van der Waals surface area contributed by atoms with Gasteiger partial charge in [0.15, 0.2) is 5.76 Å². The molecule has 0 saturated carbocycles. The van der Waals surface area contributed by atoms with Gasteiger partial charge >= 0.3 is 5.97 Å². The van der Waals surface area contributed by atoms with Crippen molar-refractivity contribution >= 4 is 58.6 Å². The molecule has 0 spiro atoms. The number of hydrogen-bond donors (Lipinski definition) is 2. The number of oxime groups is 1. The van der Waals surface area contributed by atoms with Crippen molar-refractivity contribution in [3.05, 3.63) is 21.9 Å². The van der Waals surface area contributed by atoms with Gasteiger partial charge in [0.1, 0.15) is 23.7 Å². The summed E-state index contributed by atoms with van der Waals surface area (Å²) in [7, 11) is 0. The Kier molecular flexibility index (Phi) is 6.78. The lowest BCUT2D eigenvalue weighted by molar-refractivity contribution is -0.150. The topological polar surface area (TPSA) is 118 Å². The van der Waals surface area contributed by atoms with Gasteiger partial charge in [-0.2, -0.15) is 0 Å². The molecule has 0 bridgehead atoms. The molecule has 0 radical (unpaired) electrons. The molecule has 3 rings (SSSR count). The number of ether oxygens (including phenoxy) is 1. The van der Waals surface area contributed by atoms with E-state index in [9.17, 15) is 19.5 Å². The number of β-lactam (4-membered cyclic amide) rings is 1. The number of amides is 2. The Morgan fingerprint density at radius 3 is 2.96 bits per heavy atom. The van der Waals surface area contributed by atoms with Crippen LogP contribution in [-0.4, -0.2) is 69.6 Å². The fraction of sp³-hybridized carbons (Fsp3) is 0.500. The van der Waals surface area contributed by atoms with Gasteiger partial charge in [-0.1, -0.05) is 23.7 Å². The van der Waals surface area contributed by atoms with Gasteiger partial charge in [0.05, 0.1) is 11.6 Å². The Morgan fingerprint density at radius 1 is 1.54 bits per heavy atom. The van der Waals surface area contributed by atoms with Crippen molar-refractivity contribution in [2.24, 2.45) is 5.16 Å². The maximum absolute atomic E-state index is 12.8. The Bertz CT molecular complexity index is 784. The van der Waals surface area contributed by atoms with E-state index >= 15 is 0 Å². The van der Waals surface area contributed by atoms with Gasteiger partial charge in [-0.15, -0.1) is 23.5 Å². The third kappa shape index (κ3) is 4.11. The van der Waals surface area contributed by atoms with Crippen molar-refractivity contribution in [1.82, 2.24) is 10.2 Å². The lowest BCUT2D eigenvalue weighted by atomic mass is 10.0. The molecular formula is C16H18ClN3O6S2. The SMILES string of the molecule is CCCO/N=C(/C(=O)NC1C(=O)N2C(C(=O)O)=C(Cl)CSC12)C1=CSCCO1. The largest absolute Gasteiger partial charge is 0.490 e. The highest BCUT2D eigenvalue weighted by Crippen LogP contribution is 2.41. The monoisotopic (exact) mass is 447 g/mol. The molecule has 0 aliphatic carbocycles. The van der Waals surface area contributed by atoms with Crippen LogP contribution in [0.15, 0.2) is 27.1 Å². The summed E-state index contributed by atoms with van der Waals surface area (Å²) < 4.78 is 5.49. The van der Waals surface area contributed by atoms with Crippen LogP contribution in [-0.2, 0) is 24.0 Å². The first-order valence-electron chi connectivity index (χ1n) is 8.48. The van der Waals surface area contributed by atoms with Crippen LogP contribution in [0.4, 0.5) is 0 Å². The molecule has 2 amide bonds. The van der Waals surface area contributed by atoms with E-state index in [1.165, 1.54) is 23.5 Å². The van der Waals surface area contributed by atoms with E-state index in [4.69, 9.17) is 21.2 Å². The summed E-state index contributed by atoms with van der Waals surface area (Å²) in [6.07, 6.45) is 0.715. The molecule has 1 saturated heterocycles. The second-order valence-electron chi connectivity index (χ2n) is 5.89. The maximum atomic E-state index is 12.8. The number of halogens is 1. The first kappa shape index (κ1) is 20.9. The predicted octanol–water partition coefficient (Wildman–Crippen LogP) is 1.31. The Hall–Kier alpha value is -1.85. The minimum atomic E-state index is -1.28. The average Bonchev–Trinajstić information content (AvgIpc) is 2.69. The number of rotatable bonds is 7. The zero-order valence-corrected chi connectivity index (χ0v) is 17.2. The standard InChI is InChI=1S/C16H18ClN3O6S2/c1-2-3-26-19-10(9-7-27-5-4-25-9)13(21)18-11-14(22)20-12(16(23)24)8(17)6-28-15(11)20/h7,11,15H,2-6H2,1H3,(H,18,21)(H,23,24)/b19-10+. The van der Waals surface area contributed by atoms with Crippen molar-refractivity contribution in [3.8, 4) is 0 Å². The van der Waals surface area contributed by atoms with E-state index in [0.29, 0.717) is 19.6 Å². The first-order chi connectivity index (χ1) is 13.5. The van der Waals surface area contributed by atoms with Crippen LogP contribution in [0.5, 0.6) is 0 Å². The zero-order valence-electron chi connectivity index (χ0n) is 14.8. The lowest BCUT2D eigenvalue weighted by Gasteiger charge is -2.48. The summed E-state index contributed by atoms with van der Waals surface area (Å²) in [6, 6.07) is -0.884. The molecule has 2 atom stereocenters. The number of thioether (sulfide) groups is 2. The van der Waals surface area contributed by atoms with E-state index in [1.54, 1.807) is 5.41 Å². The number of carboxylic acid groups (broad SMARTS) is 1. The molecule has 9 nitrogen and oxygen atoms in total. The number of hydrogen-bond acceptors (Lipinski definition) is 8. The van der Waals surface area contributed by atoms with Gasteiger partial charge < -0.3 is 20.0 Å². The highest BCUT2D eigenvalue weighted by Gasteiger charge is 2.54. The Morgan fingerprint density at radius 2 is 2.32 bits per heavy atom. The maximum Gasteiger partial charge on any atom is 0.353 e. The lowest BCUT2D eigenvalue weighted by Crippen LogP contribution is -2.71. The first-order valence-corrected chi connectivity index (χ1v) is 11.0. The van der Waals surface area contributed by atoms with Crippen molar-refractivity contribution in [2.75, 3.05) is 24.7 Å². The molecule has 0 aromatic heterocycles. The Balaban J connectivity index is 1.74. The molecular weight excluding hydrogens is 430 g/mol. The summed E-state index contributed by atoms with van der Waals surface area (Å²) >= 11 is 8.71. The van der Waals surface area contributed by atoms with Crippen LogP contribution >= 0.6 is 35.1 Å². The minimum absolute atomic E-state index is 0.0558. The number of nitrogens with one attached hydrogen (secondary N) is 1. The quantitative estimate of drug-likeness (QED) is 0.259. The van der Waals surface area contributed by atoms with Gasteiger partial charge in [0.2, 0.25) is 5.71 Å². The number of aliphatic carboxylic acids is 1. The van der Waals surface area contributed by atoms with Gasteiger partial charge in [-0.05, 0) is 6.42 Å². The average molecular weight is 448 g/mol. The Labute approximate surface area is 174 Å². The summed E-state index contributed by atoms with van der Waals surface area (Å²) in [4.78, 5) is 42.9. The highest BCUT2D eigenvalue weighted by molar-refractivity contribution is 8.02. The minimum Gasteiger partial charge on any atom is -0.490 e. The normalized spacial score (nSPS) is 24.6. The van der Waals surface area contributed by atoms with Crippen molar-refractivity contribution < 1.29 is 29.1 Å². The third-order valence-electron chi connectivity index (χ3n) is 3.96. The molecule has 2 N–H and O–H groups in total. The highest BCUT2D eigenvalue weighted by atomic mass is 35.5. The van der Waals surface area contributed by atoms with Crippen LogP contribution in [0.1, 0.15) is 13.3 Å². The number of carbonyl (C=O) groups excluding carboxylic acids is 2. The van der Waals surface area contributed by atoms with Gasteiger partial charge in [-0.3, -0.25) is 14.5 Å². The van der Waals surface area contributed by atoms with Crippen molar-refractivity contribution in [1.29, 1.82) is 0 Å². The van der Waals surface area contributed by atoms with E-state index in [1.807, 2.05) is 6.92 Å².